The summed E-state index contributed by atoms with van der Waals surface area (Å²) >= 11 is 6.17. The second kappa shape index (κ2) is 4.14. The zero-order chi connectivity index (χ0) is 11.0. The van der Waals surface area contributed by atoms with Crippen molar-refractivity contribution < 1.29 is 0 Å². The molecule has 0 radical (unpaired) electrons. The molecule has 4 heteroatoms. The predicted molar refractivity (Wildman–Crippen MR) is 61.9 cm³/mol. The lowest BCUT2D eigenvalue weighted by atomic mass is 10.1. The molecule has 1 heterocycles. The van der Waals surface area contributed by atoms with Gasteiger partial charge in [0.05, 0.1) is 23.0 Å². The second-order valence-electron chi connectivity index (χ2n) is 4.41. The largest absolute Gasteiger partial charge is 0.309 e. The molecule has 0 amide bonds. The molecule has 1 saturated carbocycles. The quantitative estimate of drug-likeness (QED) is 0.856. The Hall–Kier alpha value is -0.540. The summed E-state index contributed by atoms with van der Waals surface area (Å²) in [5, 5.41) is 8.49. The molecule has 1 aliphatic carbocycles. The molecule has 0 saturated heterocycles. The zero-order valence-electron chi connectivity index (χ0n) is 9.50. The maximum absolute atomic E-state index is 6.17. The fourth-order valence-electron chi connectivity index (χ4n) is 2.26. The van der Waals surface area contributed by atoms with Crippen LogP contribution < -0.4 is 5.32 Å². The number of aromatic nitrogens is 2. The number of rotatable bonds is 4. The Morgan fingerprint density at radius 1 is 1.73 bits per heavy atom. The van der Waals surface area contributed by atoms with Crippen LogP contribution in [0.2, 0.25) is 5.02 Å². The molecule has 1 fully saturated rings. The SMILES string of the molecule is CCNC(c1c(Cl)cnn1C)C1CC1C. The van der Waals surface area contributed by atoms with Crippen LogP contribution in [0.1, 0.15) is 32.0 Å². The molecule has 3 nitrogen and oxygen atoms in total. The van der Waals surface area contributed by atoms with Crippen LogP contribution in [-0.2, 0) is 7.05 Å². The first-order chi connectivity index (χ1) is 7.15. The molecule has 1 aromatic heterocycles. The van der Waals surface area contributed by atoms with Gasteiger partial charge in [0.2, 0.25) is 0 Å². The third-order valence-corrected chi connectivity index (χ3v) is 3.55. The lowest BCUT2D eigenvalue weighted by Crippen LogP contribution is -2.25. The van der Waals surface area contributed by atoms with Crippen LogP contribution in [0.3, 0.4) is 0 Å². The Kier molecular flexibility index (Phi) is 3.03. The smallest absolute Gasteiger partial charge is 0.0834 e. The van der Waals surface area contributed by atoms with E-state index in [2.05, 4.69) is 24.3 Å². The van der Waals surface area contributed by atoms with Gasteiger partial charge in [0.15, 0.2) is 0 Å². The van der Waals surface area contributed by atoms with Crippen LogP contribution in [0.4, 0.5) is 0 Å². The average molecular weight is 228 g/mol. The van der Waals surface area contributed by atoms with Crippen molar-refractivity contribution in [1.29, 1.82) is 0 Å². The van der Waals surface area contributed by atoms with E-state index in [1.54, 1.807) is 6.20 Å². The van der Waals surface area contributed by atoms with Crippen molar-refractivity contribution in [3.63, 3.8) is 0 Å². The van der Waals surface area contributed by atoms with E-state index in [-0.39, 0.29) is 0 Å². The van der Waals surface area contributed by atoms with Crippen molar-refractivity contribution in [3.05, 3.63) is 16.9 Å². The third-order valence-electron chi connectivity index (χ3n) is 3.26. The van der Waals surface area contributed by atoms with Gasteiger partial charge in [0.1, 0.15) is 0 Å². The van der Waals surface area contributed by atoms with E-state index in [4.69, 9.17) is 11.6 Å². The van der Waals surface area contributed by atoms with Crippen molar-refractivity contribution in [3.8, 4) is 0 Å². The monoisotopic (exact) mass is 227 g/mol. The Morgan fingerprint density at radius 2 is 2.40 bits per heavy atom. The normalized spacial score (nSPS) is 26.7. The van der Waals surface area contributed by atoms with E-state index in [0.29, 0.717) is 6.04 Å². The van der Waals surface area contributed by atoms with Crippen LogP contribution in [0.5, 0.6) is 0 Å². The predicted octanol–water partition coefficient (Wildman–Crippen LogP) is 2.38. The molecule has 3 unspecified atom stereocenters. The highest BCUT2D eigenvalue weighted by Crippen LogP contribution is 2.47. The standard InChI is InChI=1S/C11H18ClN3/c1-4-13-10(8-5-7(8)2)11-9(12)6-14-15(11)3/h6-8,10,13H,4-5H2,1-3H3. The van der Waals surface area contributed by atoms with Crippen LogP contribution in [0.25, 0.3) is 0 Å². The van der Waals surface area contributed by atoms with Crippen molar-refractivity contribution in [2.75, 3.05) is 6.54 Å². The molecule has 0 aliphatic heterocycles. The van der Waals surface area contributed by atoms with Gasteiger partial charge in [-0.05, 0) is 24.8 Å². The average Bonchev–Trinajstić information content (AvgIpc) is 2.82. The van der Waals surface area contributed by atoms with Crippen LogP contribution in [0.15, 0.2) is 6.20 Å². The molecule has 2 rings (SSSR count). The zero-order valence-corrected chi connectivity index (χ0v) is 10.3. The van der Waals surface area contributed by atoms with E-state index in [1.165, 1.54) is 6.42 Å². The molecular formula is C11H18ClN3. The summed E-state index contributed by atoms with van der Waals surface area (Å²) in [5.74, 6) is 1.53. The van der Waals surface area contributed by atoms with Crippen molar-refractivity contribution >= 4 is 11.6 Å². The molecule has 3 atom stereocenters. The molecular weight excluding hydrogens is 210 g/mol. The van der Waals surface area contributed by atoms with Gasteiger partial charge in [0.25, 0.3) is 0 Å². The molecule has 1 aromatic rings. The highest BCUT2D eigenvalue weighted by molar-refractivity contribution is 6.31. The summed E-state index contributed by atoms with van der Waals surface area (Å²) in [4.78, 5) is 0. The molecule has 0 bridgehead atoms. The Morgan fingerprint density at radius 3 is 2.80 bits per heavy atom. The van der Waals surface area contributed by atoms with Gasteiger partial charge in [0, 0.05) is 7.05 Å². The Balaban J connectivity index is 2.24. The van der Waals surface area contributed by atoms with Crippen molar-refractivity contribution in [1.82, 2.24) is 15.1 Å². The van der Waals surface area contributed by atoms with E-state index in [0.717, 1.165) is 29.1 Å². The first kappa shape index (κ1) is 11.0. The van der Waals surface area contributed by atoms with Crippen molar-refractivity contribution in [2.24, 2.45) is 18.9 Å². The maximum atomic E-state index is 6.17. The number of nitrogens with one attached hydrogen (secondary N) is 1. The number of hydrogen-bond donors (Lipinski definition) is 1. The van der Waals surface area contributed by atoms with E-state index >= 15 is 0 Å². The van der Waals surface area contributed by atoms with Crippen LogP contribution >= 0.6 is 11.6 Å². The number of nitrogens with zero attached hydrogens (tertiary/aromatic N) is 2. The van der Waals surface area contributed by atoms with Gasteiger partial charge in [-0.2, -0.15) is 5.10 Å². The topological polar surface area (TPSA) is 29.9 Å². The highest BCUT2D eigenvalue weighted by Gasteiger charge is 2.41. The molecule has 84 valence electrons. The van der Waals surface area contributed by atoms with Crippen LogP contribution in [-0.4, -0.2) is 16.3 Å². The molecule has 15 heavy (non-hydrogen) atoms. The van der Waals surface area contributed by atoms with Gasteiger partial charge in [-0.3, -0.25) is 4.68 Å². The number of halogens is 1. The number of hydrogen-bond acceptors (Lipinski definition) is 2. The van der Waals surface area contributed by atoms with Gasteiger partial charge in [-0.25, -0.2) is 0 Å². The first-order valence-electron chi connectivity index (χ1n) is 5.56. The van der Waals surface area contributed by atoms with Gasteiger partial charge >= 0.3 is 0 Å². The molecule has 1 aliphatic rings. The summed E-state index contributed by atoms with van der Waals surface area (Å²) in [6.45, 7) is 5.39. The molecule has 0 spiro atoms. The highest BCUT2D eigenvalue weighted by atomic mass is 35.5. The second-order valence-corrected chi connectivity index (χ2v) is 4.82. The molecule has 0 aromatic carbocycles. The lowest BCUT2D eigenvalue weighted by molar-refractivity contribution is 0.446. The summed E-state index contributed by atoms with van der Waals surface area (Å²) in [6, 6.07) is 0.366. The van der Waals surface area contributed by atoms with Crippen molar-refractivity contribution in [2.45, 2.75) is 26.3 Å². The van der Waals surface area contributed by atoms with Gasteiger partial charge < -0.3 is 5.32 Å². The summed E-state index contributed by atoms with van der Waals surface area (Å²) < 4.78 is 1.89. The fourth-order valence-corrected chi connectivity index (χ4v) is 2.54. The summed E-state index contributed by atoms with van der Waals surface area (Å²) in [6.07, 6.45) is 3.02. The third kappa shape index (κ3) is 2.04. The molecule has 1 N–H and O–H groups in total. The van der Waals surface area contributed by atoms with Gasteiger partial charge in [-0.15, -0.1) is 0 Å². The van der Waals surface area contributed by atoms with E-state index < -0.39 is 0 Å². The summed E-state index contributed by atoms with van der Waals surface area (Å²) in [5.41, 5.74) is 1.13. The summed E-state index contributed by atoms with van der Waals surface area (Å²) in [7, 11) is 1.96. The van der Waals surface area contributed by atoms with E-state index in [9.17, 15) is 0 Å². The maximum Gasteiger partial charge on any atom is 0.0834 e. The number of aryl methyl sites for hydroxylation is 1. The van der Waals surface area contributed by atoms with Crippen LogP contribution in [0, 0.1) is 11.8 Å². The Labute approximate surface area is 95.8 Å². The Bertz CT molecular complexity index is 328. The van der Waals surface area contributed by atoms with E-state index in [1.807, 2.05) is 11.7 Å². The van der Waals surface area contributed by atoms with Gasteiger partial charge in [-0.1, -0.05) is 25.4 Å². The fraction of sp³-hybridized carbons (Fsp3) is 0.727. The lowest BCUT2D eigenvalue weighted by Gasteiger charge is -2.18. The first-order valence-corrected chi connectivity index (χ1v) is 5.93. The minimum Gasteiger partial charge on any atom is -0.309 e. The minimum absolute atomic E-state index is 0.366. The minimum atomic E-state index is 0.366.